The maximum absolute atomic E-state index is 13.4. The molecular weight excluding hydrogens is 371 g/mol. The first-order valence-corrected chi connectivity index (χ1v) is 9.80. The molecule has 0 aliphatic carbocycles. The molecule has 0 atom stereocenters. The molecule has 7 heteroatoms. The molecule has 2 heterocycles. The Kier molecular flexibility index (Phi) is 5.67. The van der Waals surface area contributed by atoms with Crippen LogP contribution < -0.4 is 10.9 Å². The topological polar surface area (TPSA) is 67.2 Å². The summed E-state index contributed by atoms with van der Waals surface area (Å²) in [6.45, 7) is 3.50. The van der Waals surface area contributed by atoms with Crippen LogP contribution in [0.1, 0.15) is 24.0 Å². The number of benzene rings is 2. The van der Waals surface area contributed by atoms with Crippen LogP contribution >= 0.6 is 0 Å². The summed E-state index contributed by atoms with van der Waals surface area (Å²) in [7, 11) is 0. The van der Waals surface area contributed by atoms with E-state index < -0.39 is 11.4 Å². The van der Waals surface area contributed by atoms with Crippen LogP contribution in [0.25, 0.3) is 10.9 Å². The van der Waals surface area contributed by atoms with Crippen molar-refractivity contribution in [1.29, 1.82) is 0 Å². The van der Waals surface area contributed by atoms with Crippen LogP contribution in [0.15, 0.2) is 53.6 Å². The Morgan fingerprint density at radius 3 is 2.55 bits per heavy atom. The van der Waals surface area contributed by atoms with Crippen LogP contribution in [-0.4, -0.2) is 33.4 Å². The molecule has 3 aromatic rings. The number of rotatable bonds is 6. The molecular formula is C22H23FN4O2. The summed E-state index contributed by atoms with van der Waals surface area (Å²) in [5, 5.41) is 2.98. The van der Waals surface area contributed by atoms with Crippen molar-refractivity contribution in [3.63, 3.8) is 0 Å². The van der Waals surface area contributed by atoms with E-state index in [0.29, 0.717) is 12.1 Å². The molecule has 1 aliphatic heterocycles. The number of halogens is 1. The van der Waals surface area contributed by atoms with Gasteiger partial charge in [0.15, 0.2) is 0 Å². The van der Waals surface area contributed by atoms with Crippen molar-refractivity contribution < 1.29 is 9.18 Å². The Bertz CT molecular complexity index is 1070. The van der Waals surface area contributed by atoms with E-state index in [2.05, 4.69) is 27.3 Å². The first kappa shape index (κ1) is 19.3. The summed E-state index contributed by atoms with van der Waals surface area (Å²) in [5.74, 6) is -0.808. The molecule has 0 unspecified atom stereocenters. The van der Waals surface area contributed by atoms with Gasteiger partial charge in [0.1, 0.15) is 12.4 Å². The number of hydrogen-bond donors (Lipinski definition) is 1. The molecule has 6 nitrogen and oxygen atoms in total. The van der Waals surface area contributed by atoms with E-state index in [0.717, 1.165) is 31.3 Å². The number of likely N-dealkylation sites (tertiary alicyclic amines) is 1. The van der Waals surface area contributed by atoms with E-state index in [1.807, 2.05) is 12.1 Å². The van der Waals surface area contributed by atoms with Crippen molar-refractivity contribution in [2.75, 3.05) is 13.1 Å². The molecule has 4 rings (SSSR count). The van der Waals surface area contributed by atoms with Gasteiger partial charge in [-0.25, -0.2) is 9.37 Å². The van der Waals surface area contributed by atoms with E-state index in [-0.39, 0.29) is 17.8 Å². The number of aromatic nitrogens is 2. The fraction of sp³-hybridized carbons (Fsp3) is 0.318. The molecule has 0 spiro atoms. The van der Waals surface area contributed by atoms with E-state index in [4.69, 9.17) is 0 Å². The lowest BCUT2D eigenvalue weighted by molar-refractivity contribution is -0.121. The largest absolute Gasteiger partial charge is 0.350 e. The average Bonchev–Trinajstić information content (AvgIpc) is 3.23. The molecule has 0 bridgehead atoms. The molecule has 0 saturated carbocycles. The van der Waals surface area contributed by atoms with Crippen molar-refractivity contribution in [2.24, 2.45) is 0 Å². The number of fused-ring (bicyclic) bond motifs is 1. The van der Waals surface area contributed by atoms with Gasteiger partial charge in [0.25, 0.3) is 5.56 Å². The summed E-state index contributed by atoms with van der Waals surface area (Å²) in [6.07, 6.45) is 3.86. The molecule has 1 fully saturated rings. The zero-order valence-corrected chi connectivity index (χ0v) is 16.1. The third kappa shape index (κ3) is 4.68. The molecule has 1 aromatic heterocycles. The monoisotopic (exact) mass is 394 g/mol. The number of carbonyl (C=O) groups excluding carboxylic acids is 1. The van der Waals surface area contributed by atoms with Gasteiger partial charge in [-0.15, -0.1) is 0 Å². The number of nitrogens with zero attached hydrogens (tertiary/aromatic N) is 3. The molecule has 1 aliphatic rings. The standard InChI is InChI=1S/C22H23FN4O2/c23-18-7-8-20-19(11-18)22(29)27(15-25-20)14-21(28)24-12-16-3-5-17(6-4-16)13-26-9-1-2-10-26/h3-8,11,15H,1-2,9-10,12-14H2,(H,24,28). The number of amides is 1. The Morgan fingerprint density at radius 1 is 1.07 bits per heavy atom. The molecule has 1 amide bonds. The zero-order valence-electron chi connectivity index (χ0n) is 16.1. The minimum atomic E-state index is -0.508. The van der Waals surface area contributed by atoms with Gasteiger partial charge >= 0.3 is 0 Å². The highest BCUT2D eigenvalue weighted by Crippen LogP contribution is 2.13. The molecule has 150 valence electrons. The minimum Gasteiger partial charge on any atom is -0.350 e. The van der Waals surface area contributed by atoms with Crippen LogP contribution in [0, 0.1) is 5.82 Å². The lowest BCUT2D eigenvalue weighted by Gasteiger charge is -2.14. The Morgan fingerprint density at radius 2 is 1.79 bits per heavy atom. The second-order valence-corrected chi connectivity index (χ2v) is 7.42. The van der Waals surface area contributed by atoms with Gasteiger partial charge in [0.05, 0.1) is 17.2 Å². The van der Waals surface area contributed by atoms with Crippen LogP contribution in [0.4, 0.5) is 4.39 Å². The first-order valence-electron chi connectivity index (χ1n) is 9.80. The van der Waals surface area contributed by atoms with Crippen molar-refractivity contribution in [1.82, 2.24) is 19.8 Å². The third-order valence-electron chi connectivity index (χ3n) is 5.22. The van der Waals surface area contributed by atoms with Crippen LogP contribution in [0.5, 0.6) is 0 Å². The Hall–Kier alpha value is -3.06. The van der Waals surface area contributed by atoms with Crippen LogP contribution in [0.3, 0.4) is 0 Å². The lowest BCUT2D eigenvalue weighted by Crippen LogP contribution is -2.32. The smallest absolute Gasteiger partial charge is 0.261 e. The van der Waals surface area contributed by atoms with Gasteiger partial charge in [0, 0.05) is 13.1 Å². The van der Waals surface area contributed by atoms with Crippen LogP contribution in [0.2, 0.25) is 0 Å². The molecule has 1 N–H and O–H groups in total. The zero-order chi connectivity index (χ0) is 20.2. The summed E-state index contributed by atoms with van der Waals surface area (Å²) in [5.41, 5.74) is 2.23. The average molecular weight is 394 g/mol. The normalized spacial score (nSPS) is 14.4. The van der Waals surface area contributed by atoms with Crippen molar-refractivity contribution >= 4 is 16.8 Å². The fourth-order valence-corrected chi connectivity index (χ4v) is 3.62. The number of hydrogen-bond acceptors (Lipinski definition) is 4. The SMILES string of the molecule is O=C(Cn1cnc2ccc(F)cc2c1=O)NCc1ccc(CN2CCCC2)cc1. The highest BCUT2D eigenvalue weighted by Gasteiger charge is 2.12. The molecule has 2 aromatic carbocycles. The lowest BCUT2D eigenvalue weighted by atomic mass is 10.1. The predicted molar refractivity (Wildman–Crippen MR) is 109 cm³/mol. The molecule has 1 saturated heterocycles. The third-order valence-corrected chi connectivity index (χ3v) is 5.22. The first-order chi connectivity index (χ1) is 14.1. The Balaban J connectivity index is 1.34. The number of carbonyl (C=O) groups is 1. The summed E-state index contributed by atoms with van der Waals surface area (Å²) >= 11 is 0. The highest BCUT2D eigenvalue weighted by atomic mass is 19.1. The van der Waals surface area contributed by atoms with E-state index in [1.165, 1.54) is 41.4 Å². The summed E-state index contributed by atoms with van der Waals surface area (Å²) in [6, 6.07) is 12.0. The number of nitrogens with one attached hydrogen (secondary N) is 1. The minimum absolute atomic E-state index is 0.161. The summed E-state index contributed by atoms with van der Waals surface area (Å²) < 4.78 is 14.6. The second kappa shape index (κ2) is 8.53. The van der Waals surface area contributed by atoms with E-state index in [9.17, 15) is 14.0 Å². The van der Waals surface area contributed by atoms with E-state index >= 15 is 0 Å². The summed E-state index contributed by atoms with van der Waals surface area (Å²) in [4.78, 5) is 31.3. The molecule has 0 radical (unpaired) electrons. The Labute approximate surface area is 168 Å². The second-order valence-electron chi connectivity index (χ2n) is 7.42. The van der Waals surface area contributed by atoms with Crippen molar-refractivity contribution in [3.8, 4) is 0 Å². The maximum atomic E-state index is 13.4. The van der Waals surface area contributed by atoms with Gasteiger partial charge in [-0.3, -0.25) is 19.1 Å². The fourth-order valence-electron chi connectivity index (χ4n) is 3.62. The van der Waals surface area contributed by atoms with Gasteiger partial charge in [-0.1, -0.05) is 24.3 Å². The highest BCUT2D eigenvalue weighted by molar-refractivity contribution is 5.79. The van der Waals surface area contributed by atoms with Gasteiger partial charge in [-0.05, 0) is 55.3 Å². The van der Waals surface area contributed by atoms with Crippen molar-refractivity contribution in [3.05, 3.63) is 76.1 Å². The van der Waals surface area contributed by atoms with Gasteiger partial charge in [0.2, 0.25) is 5.91 Å². The predicted octanol–water partition coefficient (Wildman–Crippen LogP) is 2.45. The van der Waals surface area contributed by atoms with Gasteiger partial charge < -0.3 is 5.32 Å². The van der Waals surface area contributed by atoms with Gasteiger partial charge in [-0.2, -0.15) is 0 Å². The quantitative estimate of drug-likeness (QED) is 0.697. The van der Waals surface area contributed by atoms with Crippen LogP contribution in [-0.2, 0) is 24.4 Å². The molecule has 29 heavy (non-hydrogen) atoms. The van der Waals surface area contributed by atoms with E-state index in [1.54, 1.807) is 0 Å². The van der Waals surface area contributed by atoms with Crippen molar-refractivity contribution in [2.45, 2.75) is 32.5 Å². The maximum Gasteiger partial charge on any atom is 0.261 e.